The first-order valence-corrected chi connectivity index (χ1v) is 16.3. The van der Waals surface area contributed by atoms with Crippen LogP contribution in [0.5, 0.6) is 0 Å². The highest BCUT2D eigenvalue weighted by Crippen LogP contribution is 2.27. The highest BCUT2D eigenvalue weighted by atomic mass is 15.1. The number of aromatic nitrogens is 2. The molecule has 1 heterocycles. The number of hydrogen-bond donors (Lipinski definition) is 1. The number of imidazole rings is 1. The fraction of sp³-hybridized carbons (Fsp3) is 0.909. The molecule has 1 aromatic heterocycles. The van der Waals surface area contributed by atoms with Gasteiger partial charge < -0.3 is 0 Å². The molecular formula is C33H65N2+. The van der Waals surface area contributed by atoms with Crippen molar-refractivity contribution in [2.75, 3.05) is 0 Å². The number of nitrogens with one attached hydrogen (secondary N) is 1. The third-order valence-electron chi connectivity index (χ3n) is 8.14. The second-order valence-electron chi connectivity index (χ2n) is 11.5. The van der Waals surface area contributed by atoms with Crippen molar-refractivity contribution in [2.24, 2.45) is 0 Å². The van der Waals surface area contributed by atoms with Crippen LogP contribution < -0.4 is 4.57 Å². The summed E-state index contributed by atoms with van der Waals surface area (Å²) in [6.07, 6.45) is 38.3. The first kappa shape index (κ1) is 32.2. The van der Waals surface area contributed by atoms with Crippen LogP contribution in [0.1, 0.15) is 200 Å². The smallest absolute Gasteiger partial charge is 0.247 e. The van der Waals surface area contributed by atoms with E-state index in [1.54, 1.807) is 0 Å². The lowest BCUT2D eigenvalue weighted by molar-refractivity contribution is -0.727. The van der Waals surface area contributed by atoms with E-state index >= 15 is 0 Å². The van der Waals surface area contributed by atoms with E-state index in [1.165, 1.54) is 160 Å². The Morgan fingerprint density at radius 2 is 0.914 bits per heavy atom. The van der Waals surface area contributed by atoms with Gasteiger partial charge in [-0.2, -0.15) is 0 Å². The molecule has 0 amide bonds. The summed E-state index contributed by atoms with van der Waals surface area (Å²) >= 11 is 0. The minimum Gasteiger partial charge on any atom is -0.247 e. The Labute approximate surface area is 221 Å². The highest BCUT2D eigenvalue weighted by molar-refractivity contribution is 4.90. The summed E-state index contributed by atoms with van der Waals surface area (Å²) < 4.78 is 2.60. The maximum absolute atomic E-state index is 3.69. The summed E-state index contributed by atoms with van der Waals surface area (Å²) in [5.41, 5.74) is 0. The van der Waals surface area contributed by atoms with Crippen molar-refractivity contribution in [1.29, 1.82) is 0 Å². The van der Waals surface area contributed by atoms with E-state index in [4.69, 9.17) is 0 Å². The van der Waals surface area contributed by atoms with Crippen LogP contribution in [-0.2, 0) is 0 Å². The second kappa shape index (κ2) is 23.6. The van der Waals surface area contributed by atoms with Gasteiger partial charge in [-0.15, -0.1) is 0 Å². The molecule has 0 aliphatic rings. The number of nitrogens with zero attached hydrogens (tertiary/aromatic N) is 1. The van der Waals surface area contributed by atoms with Crippen molar-refractivity contribution >= 4 is 0 Å². The normalized spacial score (nSPS) is 13.4. The molecule has 0 aliphatic heterocycles. The lowest BCUT2D eigenvalue weighted by Gasteiger charge is -2.17. The Bertz CT molecular complexity index is 549. The zero-order valence-electron chi connectivity index (χ0n) is 24.7. The molecule has 0 saturated carbocycles. The highest BCUT2D eigenvalue weighted by Gasteiger charge is 2.25. The van der Waals surface area contributed by atoms with Crippen LogP contribution in [0.15, 0.2) is 12.4 Å². The van der Waals surface area contributed by atoms with Gasteiger partial charge in [0.2, 0.25) is 0 Å². The molecule has 0 bridgehead atoms. The second-order valence-corrected chi connectivity index (χ2v) is 11.5. The Morgan fingerprint density at radius 3 is 1.37 bits per heavy atom. The van der Waals surface area contributed by atoms with Gasteiger partial charge in [-0.1, -0.05) is 149 Å². The van der Waals surface area contributed by atoms with Gasteiger partial charge in [0.05, 0.1) is 12.0 Å². The minimum absolute atomic E-state index is 0.622. The van der Waals surface area contributed by atoms with Crippen molar-refractivity contribution in [3.8, 4) is 0 Å². The van der Waals surface area contributed by atoms with E-state index in [-0.39, 0.29) is 0 Å². The van der Waals surface area contributed by atoms with Gasteiger partial charge in [0.25, 0.3) is 5.82 Å². The number of aromatic amines is 1. The molecule has 206 valence electrons. The van der Waals surface area contributed by atoms with Crippen molar-refractivity contribution in [2.45, 2.75) is 194 Å². The van der Waals surface area contributed by atoms with E-state index < -0.39 is 0 Å². The number of hydrogen-bond acceptors (Lipinski definition) is 0. The molecule has 1 aromatic rings. The molecule has 2 unspecified atom stereocenters. The Kier molecular flexibility index (Phi) is 21.7. The van der Waals surface area contributed by atoms with Crippen molar-refractivity contribution in [3.63, 3.8) is 0 Å². The number of rotatable bonds is 26. The molecule has 1 N–H and O–H groups in total. The maximum atomic E-state index is 3.69. The van der Waals surface area contributed by atoms with Crippen LogP contribution in [0.2, 0.25) is 0 Å². The van der Waals surface area contributed by atoms with E-state index in [0.717, 1.165) is 0 Å². The molecule has 0 saturated heterocycles. The first-order valence-electron chi connectivity index (χ1n) is 16.3. The van der Waals surface area contributed by atoms with Crippen LogP contribution in [-0.4, -0.2) is 4.98 Å². The molecule has 0 aliphatic carbocycles. The number of unbranched alkanes of at least 4 members (excludes halogenated alkanes) is 18. The number of H-pyrrole nitrogens is 1. The van der Waals surface area contributed by atoms with Gasteiger partial charge in [0.1, 0.15) is 12.4 Å². The SMILES string of the molecule is CCCCCCCCCCCCCCC(CCCCCCCC)c1[nH]cc[n+]1C(C)CCCCC. The monoisotopic (exact) mass is 490 g/mol. The quantitative estimate of drug-likeness (QED) is 0.0985. The molecular weight excluding hydrogens is 424 g/mol. The Balaban J connectivity index is 2.39. The summed E-state index contributed by atoms with van der Waals surface area (Å²) in [7, 11) is 0. The zero-order chi connectivity index (χ0) is 25.4. The molecule has 2 atom stereocenters. The minimum atomic E-state index is 0.622. The predicted octanol–water partition coefficient (Wildman–Crippen LogP) is 11.4. The summed E-state index contributed by atoms with van der Waals surface area (Å²) in [5, 5.41) is 0. The molecule has 1 rings (SSSR count). The largest absolute Gasteiger partial charge is 0.257 e. The standard InChI is InChI=1S/C33H64N2/c1-5-8-11-13-15-16-17-18-19-20-22-25-28-32(27-24-21-14-12-9-6-2)33-34-29-30-35(33)31(4)26-23-10-7-3/h29-32H,5-28H2,1-4H3/p+1. The predicted molar refractivity (Wildman–Crippen MR) is 156 cm³/mol. The third-order valence-corrected chi connectivity index (χ3v) is 8.14. The third kappa shape index (κ3) is 16.6. The molecule has 2 heteroatoms. The molecule has 0 aromatic carbocycles. The van der Waals surface area contributed by atoms with E-state index in [9.17, 15) is 0 Å². The molecule has 2 nitrogen and oxygen atoms in total. The van der Waals surface area contributed by atoms with Crippen LogP contribution >= 0.6 is 0 Å². The van der Waals surface area contributed by atoms with Crippen LogP contribution in [0.25, 0.3) is 0 Å². The van der Waals surface area contributed by atoms with Gasteiger partial charge in [0.15, 0.2) is 0 Å². The maximum Gasteiger partial charge on any atom is 0.257 e. The first-order chi connectivity index (χ1) is 17.2. The van der Waals surface area contributed by atoms with E-state index in [2.05, 4.69) is 49.6 Å². The van der Waals surface area contributed by atoms with Crippen molar-refractivity contribution in [3.05, 3.63) is 18.2 Å². The van der Waals surface area contributed by atoms with Crippen LogP contribution in [0.4, 0.5) is 0 Å². The van der Waals surface area contributed by atoms with Gasteiger partial charge in [-0.3, -0.25) is 0 Å². The van der Waals surface area contributed by atoms with Crippen molar-refractivity contribution < 1.29 is 4.57 Å². The van der Waals surface area contributed by atoms with E-state index in [0.29, 0.717) is 12.0 Å². The lowest BCUT2D eigenvalue weighted by Crippen LogP contribution is -2.41. The van der Waals surface area contributed by atoms with Gasteiger partial charge >= 0.3 is 0 Å². The summed E-state index contributed by atoms with van der Waals surface area (Å²) in [6.45, 7) is 9.36. The molecule has 0 fully saturated rings. The Hall–Kier alpha value is -0.790. The summed E-state index contributed by atoms with van der Waals surface area (Å²) in [6, 6.07) is 0.622. The average Bonchev–Trinajstić information content (AvgIpc) is 3.35. The van der Waals surface area contributed by atoms with Crippen LogP contribution in [0, 0.1) is 0 Å². The Morgan fingerprint density at radius 1 is 0.543 bits per heavy atom. The van der Waals surface area contributed by atoms with Crippen molar-refractivity contribution in [1.82, 2.24) is 4.98 Å². The van der Waals surface area contributed by atoms with E-state index in [1.807, 2.05) is 0 Å². The van der Waals surface area contributed by atoms with Gasteiger partial charge in [0, 0.05) is 0 Å². The zero-order valence-corrected chi connectivity index (χ0v) is 24.7. The fourth-order valence-corrected chi connectivity index (χ4v) is 5.72. The summed E-state index contributed by atoms with van der Waals surface area (Å²) in [5.74, 6) is 2.23. The molecule has 0 spiro atoms. The molecule has 35 heavy (non-hydrogen) atoms. The van der Waals surface area contributed by atoms with Gasteiger partial charge in [-0.25, -0.2) is 9.55 Å². The molecule has 0 radical (unpaired) electrons. The summed E-state index contributed by atoms with van der Waals surface area (Å²) in [4.78, 5) is 3.69. The average molecular weight is 490 g/mol. The van der Waals surface area contributed by atoms with Gasteiger partial charge in [-0.05, 0) is 32.6 Å². The van der Waals surface area contributed by atoms with Crippen LogP contribution in [0.3, 0.4) is 0 Å². The topological polar surface area (TPSA) is 19.7 Å². The lowest BCUT2D eigenvalue weighted by atomic mass is 9.93. The fourth-order valence-electron chi connectivity index (χ4n) is 5.72.